The highest BCUT2D eigenvalue weighted by atomic mass is 35.5. The SMILES string of the molecule is C[C@H]1[C@H]([Si](C)(C)F)[C@@H](CC(=O)N2Cc3ccccc3C[C@H]2CO)O[C@]12C(=O)N(Cc1ccc(NC(=O)c3ccc(N)cc3)cc1)c1ccc(Cl)cc12. The zero-order chi connectivity index (χ0) is 36.9. The minimum absolute atomic E-state index is 0.123. The number of aliphatic hydroxyl groups is 1. The van der Waals surface area contributed by atoms with Crippen molar-refractivity contribution in [1.82, 2.24) is 4.90 Å². The van der Waals surface area contributed by atoms with E-state index in [2.05, 4.69) is 5.32 Å². The van der Waals surface area contributed by atoms with Crippen molar-refractivity contribution in [2.75, 3.05) is 22.6 Å². The van der Waals surface area contributed by atoms with Crippen molar-refractivity contribution in [2.24, 2.45) is 5.92 Å². The Kier molecular flexibility index (Phi) is 9.49. The number of fused-ring (bicyclic) bond motifs is 3. The Morgan fingerprint density at radius 3 is 2.40 bits per heavy atom. The Morgan fingerprint density at radius 1 is 1.04 bits per heavy atom. The lowest BCUT2D eigenvalue weighted by molar-refractivity contribution is -0.151. The number of nitrogens with one attached hydrogen (secondary N) is 1. The van der Waals surface area contributed by atoms with E-state index in [9.17, 15) is 19.5 Å². The molecule has 270 valence electrons. The molecule has 1 fully saturated rings. The van der Waals surface area contributed by atoms with Gasteiger partial charge in [-0.3, -0.25) is 14.4 Å². The average Bonchev–Trinajstić information content (AvgIpc) is 3.54. The first-order valence-electron chi connectivity index (χ1n) is 17.5. The van der Waals surface area contributed by atoms with Gasteiger partial charge in [-0.2, -0.15) is 0 Å². The topological polar surface area (TPSA) is 125 Å². The quantitative estimate of drug-likeness (QED) is 0.103. The molecule has 0 saturated carbocycles. The molecule has 0 bridgehead atoms. The number of hydrogen-bond donors (Lipinski definition) is 3. The fourth-order valence-electron chi connectivity index (χ4n) is 8.42. The third kappa shape index (κ3) is 6.40. The second kappa shape index (κ2) is 13.8. The highest BCUT2D eigenvalue weighted by molar-refractivity contribution is 6.72. The van der Waals surface area contributed by atoms with E-state index in [1.54, 1.807) is 77.5 Å². The minimum atomic E-state index is -3.54. The van der Waals surface area contributed by atoms with Gasteiger partial charge in [0.25, 0.3) is 11.8 Å². The molecule has 0 aromatic heterocycles. The first kappa shape index (κ1) is 35.8. The molecule has 4 aromatic rings. The molecule has 1 saturated heterocycles. The van der Waals surface area contributed by atoms with E-state index in [-0.39, 0.29) is 37.3 Å². The average molecular weight is 741 g/mol. The van der Waals surface area contributed by atoms with E-state index >= 15 is 4.11 Å². The molecule has 3 heterocycles. The molecule has 4 N–H and O–H groups in total. The number of ether oxygens (including phenoxy) is 1. The lowest BCUT2D eigenvalue weighted by Crippen LogP contribution is -2.48. The molecular weight excluding hydrogens is 699 g/mol. The van der Waals surface area contributed by atoms with E-state index in [4.69, 9.17) is 22.1 Å². The Hall–Kier alpha value is -4.55. The van der Waals surface area contributed by atoms with Crippen molar-refractivity contribution in [3.63, 3.8) is 0 Å². The van der Waals surface area contributed by atoms with Gasteiger partial charge in [0.15, 0.2) is 5.60 Å². The van der Waals surface area contributed by atoms with Crippen LogP contribution in [0.2, 0.25) is 23.7 Å². The van der Waals surface area contributed by atoms with Crippen molar-refractivity contribution < 1.29 is 28.3 Å². The maximum Gasteiger partial charge on any atom is 0.264 e. The van der Waals surface area contributed by atoms with Crippen LogP contribution in [0.25, 0.3) is 0 Å². The normalized spacial score (nSPS) is 23.8. The van der Waals surface area contributed by atoms with Gasteiger partial charge in [-0.15, -0.1) is 0 Å². The Balaban J connectivity index is 1.15. The highest BCUT2D eigenvalue weighted by Crippen LogP contribution is 2.60. The van der Waals surface area contributed by atoms with Gasteiger partial charge in [0.1, 0.15) is 0 Å². The summed E-state index contributed by atoms with van der Waals surface area (Å²) in [6.45, 7) is 5.38. The number of halogens is 2. The van der Waals surface area contributed by atoms with Crippen LogP contribution in [0.3, 0.4) is 0 Å². The van der Waals surface area contributed by atoms with E-state index < -0.39 is 37.6 Å². The predicted molar refractivity (Wildman–Crippen MR) is 202 cm³/mol. The number of nitrogens with two attached hydrogens (primary N) is 1. The molecule has 9 nitrogen and oxygen atoms in total. The van der Waals surface area contributed by atoms with Crippen molar-refractivity contribution >= 4 is 54.8 Å². The smallest absolute Gasteiger partial charge is 0.264 e. The molecule has 0 unspecified atom stereocenters. The lowest BCUT2D eigenvalue weighted by atomic mass is 9.82. The van der Waals surface area contributed by atoms with Crippen LogP contribution in [0.15, 0.2) is 91.0 Å². The van der Waals surface area contributed by atoms with Crippen LogP contribution < -0.4 is 16.0 Å². The van der Waals surface area contributed by atoms with E-state index in [0.717, 1.165) is 16.7 Å². The summed E-state index contributed by atoms with van der Waals surface area (Å²) < 4.78 is 23.3. The summed E-state index contributed by atoms with van der Waals surface area (Å²) in [6, 6.07) is 26.5. The third-order valence-electron chi connectivity index (χ3n) is 10.9. The molecule has 0 radical (unpaired) electrons. The van der Waals surface area contributed by atoms with Crippen LogP contribution >= 0.6 is 11.6 Å². The number of nitrogen functional groups attached to an aromatic ring is 1. The van der Waals surface area contributed by atoms with Gasteiger partial charge in [0, 0.05) is 45.5 Å². The van der Waals surface area contributed by atoms with Crippen molar-refractivity contribution in [3.05, 3.63) is 124 Å². The molecule has 3 amide bonds. The zero-order valence-corrected chi connectivity index (χ0v) is 31.1. The predicted octanol–water partition coefficient (Wildman–Crippen LogP) is 6.83. The zero-order valence-electron chi connectivity index (χ0n) is 29.3. The molecule has 1 spiro atoms. The summed E-state index contributed by atoms with van der Waals surface area (Å²) in [5.41, 5.74) is 9.20. The number of hydrogen-bond acceptors (Lipinski definition) is 6. The Morgan fingerprint density at radius 2 is 1.73 bits per heavy atom. The second-order valence-electron chi connectivity index (χ2n) is 14.6. The number of benzene rings is 4. The molecule has 3 aliphatic heterocycles. The number of carbonyl (C=O) groups is 3. The molecular formula is C40H42ClFN4O5Si. The Bertz CT molecular complexity index is 2020. The third-order valence-corrected chi connectivity index (χ3v) is 13.6. The molecule has 7 rings (SSSR count). The van der Waals surface area contributed by atoms with Crippen LogP contribution in [0.1, 0.15) is 46.0 Å². The summed E-state index contributed by atoms with van der Waals surface area (Å²) in [6.07, 6.45) is -0.472. The van der Waals surface area contributed by atoms with Crippen LogP contribution in [0.4, 0.5) is 21.2 Å². The maximum absolute atomic E-state index is 16.5. The van der Waals surface area contributed by atoms with Gasteiger partial charge in [0.05, 0.1) is 37.4 Å². The minimum Gasteiger partial charge on any atom is -0.399 e. The standard InChI is InChI=1S/C40H42ClFN4O5Si/c1-24-37(52(2,3)42)35(20-36(48)45-22-28-7-5-4-6-27(28)18-32(45)23-47)51-40(24)33-19-29(41)12-17-34(33)46(39(40)50)21-25-8-15-31(16-9-25)44-38(49)26-10-13-30(43)14-11-26/h4-17,19,24,32,35,37,47H,18,20-23,43H2,1-3H3,(H,44,49)/t24-,32-,35+,37-,40+/m0/s1. The van der Waals surface area contributed by atoms with Crippen LogP contribution in [0.5, 0.6) is 0 Å². The van der Waals surface area contributed by atoms with Gasteiger partial charge < -0.3 is 34.8 Å². The number of rotatable bonds is 8. The molecule has 12 heteroatoms. The largest absolute Gasteiger partial charge is 0.399 e. The summed E-state index contributed by atoms with van der Waals surface area (Å²) in [7, 11) is -3.54. The molecule has 3 aliphatic rings. The van der Waals surface area contributed by atoms with Gasteiger partial charge >= 0.3 is 0 Å². The van der Waals surface area contributed by atoms with Gasteiger partial charge in [0.2, 0.25) is 14.3 Å². The van der Waals surface area contributed by atoms with Gasteiger partial charge in [-0.1, -0.05) is 54.9 Å². The number of aliphatic hydroxyl groups excluding tert-OH is 1. The summed E-state index contributed by atoms with van der Waals surface area (Å²) >= 11 is 6.55. The number of amides is 3. The number of carbonyl (C=O) groups excluding carboxylic acids is 3. The fraction of sp³-hybridized carbons (Fsp3) is 0.325. The molecule has 0 aliphatic carbocycles. The summed E-state index contributed by atoms with van der Waals surface area (Å²) in [4.78, 5) is 44.9. The van der Waals surface area contributed by atoms with E-state index in [1.807, 2.05) is 43.3 Å². The number of anilines is 3. The lowest BCUT2D eigenvalue weighted by Gasteiger charge is -2.37. The maximum atomic E-state index is 16.5. The van der Waals surface area contributed by atoms with Crippen LogP contribution in [-0.2, 0) is 39.4 Å². The van der Waals surface area contributed by atoms with Crippen molar-refractivity contribution in [3.8, 4) is 0 Å². The van der Waals surface area contributed by atoms with Gasteiger partial charge in [-0.05, 0) is 90.8 Å². The number of nitrogens with zero attached hydrogens (tertiary/aromatic N) is 2. The molecule has 4 aromatic carbocycles. The molecule has 52 heavy (non-hydrogen) atoms. The highest BCUT2D eigenvalue weighted by Gasteiger charge is 2.67. The Labute approximate surface area is 308 Å². The van der Waals surface area contributed by atoms with Gasteiger partial charge in [-0.25, -0.2) is 0 Å². The van der Waals surface area contributed by atoms with E-state index in [0.29, 0.717) is 46.2 Å². The van der Waals surface area contributed by atoms with Crippen LogP contribution in [-0.4, -0.2) is 54.9 Å². The van der Waals surface area contributed by atoms with Crippen molar-refractivity contribution in [1.29, 1.82) is 0 Å². The monoisotopic (exact) mass is 740 g/mol. The van der Waals surface area contributed by atoms with Crippen molar-refractivity contribution in [2.45, 2.75) is 69.2 Å². The van der Waals surface area contributed by atoms with E-state index in [1.165, 1.54) is 0 Å². The first-order chi connectivity index (χ1) is 24.8. The summed E-state index contributed by atoms with van der Waals surface area (Å²) in [5.74, 6) is -1.46. The first-order valence-corrected chi connectivity index (χ1v) is 20.8. The molecule has 5 atom stereocenters. The van der Waals surface area contributed by atoms with Crippen LogP contribution in [0, 0.1) is 5.92 Å². The fourth-order valence-corrected chi connectivity index (χ4v) is 11.1. The second-order valence-corrected chi connectivity index (χ2v) is 18.9. The summed E-state index contributed by atoms with van der Waals surface area (Å²) in [5, 5.41) is 13.5.